The average Bonchev–Trinajstić information content (AvgIpc) is 3.18. The van der Waals surface area contributed by atoms with Crippen LogP contribution in [0.2, 0.25) is 0 Å². The van der Waals surface area contributed by atoms with E-state index in [1.54, 1.807) is 0 Å². The van der Waals surface area contributed by atoms with E-state index in [2.05, 4.69) is 70.2 Å². The van der Waals surface area contributed by atoms with Crippen molar-refractivity contribution < 1.29 is 0 Å². The highest BCUT2D eigenvalue weighted by Crippen LogP contribution is 2.07. The first kappa shape index (κ1) is 18.7. The molecule has 1 heterocycles. The van der Waals surface area contributed by atoms with Gasteiger partial charge >= 0.3 is 0 Å². The molecule has 0 saturated heterocycles. The molecule has 0 amide bonds. The number of hydrogen-bond donors (Lipinski definition) is 2. The molecular formula is C22H27N5. The van der Waals surface area contributed by atoms with Gasteiger partial charge in [-0.1, -0.05) is 48.5 Å². The highest BCUT2D eigenvalue weighted by molar-refractivity contribution is 5.79. The molecule has 5 heteroatoms. The lowest BCUT2D eigenvalue weighted by Gasteiger charge is -2.10. The van der Waals surface area contributed by atoms with Crippen LogP contribution in [0.4, 0.5) is 0 Å². The van der Waals surface area contributed by atoms with Crippen LogP contribution in [0.1, 0.15) is 18.1 Å². The minimum atomic E-state index is 0.769. The van der Waals surface area contributed by atoms with Crippen molar-refractivity contribution in [2.75, 3.05) is 19.6 Å². The van der Waals surface area contributed by atoms with E-state index in [4.69, 9.17) is 0 Å². The van der Waals surface area contributed by atoms with E-state index < -0.39 is 0 Å². The molecule has 140 valence electrons. The van der Waals surface area contributed by atoms with Gasteiger partial charge in [0.2, 0.25) is 0 Å². The van der Waals surface area contributed by atoms with E-state index in [-0.39, 0.29) is 0 Å². The first-order chi connectivity index (χ1) is 13.3. The van der Waals surface area contributed by atoms with Gasteiger partial charge in [-0.2, -0.15) is 5.10 Å². The van der Waals surface area contributed by atoms with Crippen molar-refractivity contribution in [2.24, 2.45) is 4.99 Å². The maximum Gasteiger partial charge on any atom is 0.191 e. The quantitative estimate of drug-likeness (QED) is 0.478. The van der Waals surface area contributed by atoms with Gasteiger partial charge in [0.05, 0.1) is 11.9 Å². The first-order valence-corrected chi connectivity index (χ1v) is 9.50. The van der Waals surface area contributed by atoms with Gasteiger partial charge < -0.3 is 10.6 Å². The van der Waals surface area contributed by atoms with Gasteiger partial charge in [-0.3, -0.25) is 4.99 Å². The van der Waals surface area contributed by atoms with Crippen LogP contribution in [-0.4, -0.2) is 35.4 Å². The average molecular weight is 361 g/mol. The number of aromatic nitrogens is 2. The predicted molar refractivity (Wildman–Crippen MR) is 111 cm³/mol. The van der Waals surface area contributed by atoms with Gasteiger partial charge in [0.15, 0.2) is 5.96 Å². The second-order valence-electron chi connectivity index (χ2n) is 6.30. The number of benzene rings is 2. The molecule has 0 aliphatic heterocycles. The molecule has 0 bridgehead atoms. The molecule has 0 radical (unpaired) electrons. The molecule has 3 aromatic rings. The summed E-state index contributed by atoms with van der Waals surface area (Å²) in [7, 11) is 0. The van der Waals surface area contributed by atoms with Crippen LogP contribution in [0.15, 0.2) is 78.0 Å². The Balaban J connectivity index is 1.48. The molecule has 0 saturated carbocycles. The summed E-state index contributed by atoms with van der Waals surface area (Å²) in [6, 6.07) is 20.6. The Bertz CT molecular complexity index is 824. The smallest absolute Gasteiger partial charge is 0.191 e. The fourth-order valence-electron chi connectivity index (χ4n) is 2.82. The summed E-state index contributed by atoms with van der Waals surface area (Å²) in [5, 5.41) is 11.2. The fourth-order valence-corrected chi connectivity index (χ4v) is 2.82. The monoisotopic (exact) mass is 361 g/mol. The van der Waals surface area contributed by atoms with Gasteiger partial charge in [-0.25, -0.2) is 4.68 Å². The molecule has 2 N–H and O–H groups in total. The van der Waals surface area contributed by atoms with Crippen LogP contribution in [0.25, 0.3) is 5.69 Å². The van der Waals surface area contributed by atoms with E-state index in [0.29, 0.717) is 0 Å². The number of guanidine groups is 1. The van der Waals surface area contributed by atoms with Crippen LogP contribution in [0.5, 0.6) is 0 Å². The number of rotatable bonds is 8. The fraction of sp³-hybridized carbons (Fsp3) is 0.273. The van der Waals surface area contributed by atoms with Crippen molar-refractivity contribution in [1.82, 2.24) is 20.4 Å². The van der Waals surface area contributed by atoms with Gasteiger partial charge in [-0.05, 0) is 43.0 Å². The van der Waals surface area contributed by atoms with Gasteiger partial charge in [0, 0.05) is 25.8 Å². The summed E-state index contributed by atoms with van der Waals surface area (Å²) in [5.74, 6) is 0.865. The SMILES string of the molecule is CCNC(=NCCc1ccccc1)NCCc1cnn(-c2ccccc2)c1. The third-order valence-corrected chi connectivity index (χ3v) is 4.22. The van der Waals surface area contributed by atoms with Gasteiger partial charge in [0.25, 0.3) is 0 Å². The minimum absolute atomic E-state index is 0.769. The summed E-state index contributed by atoms with van der Waals surface area (Å²) in [4.78, 5) is 4.67. The Hall–Kier alpha value is -3.08. The highest BCUT2D eigenvalue weighted by atomic mass is 15.3. The molecular weight excluding hydrogens is 334 g/mol. The van der Waals surface area contributed by atoms with Crippen LogP contribution < -0.4 is 10.6 Å². The standard InChI is InChI=1S/C22H27N5/c1-2-23-22(24-15-13-19-9-5-3-6-10-19)25-16-14-20-17-26-27(18-20)21-11-7-4-8-12-21/h3-12,17-18H,2,13-16H2,1H3,(H2,23,24,25). The molecule has 1 aromatic heterocycles. The van der Waals surface area contributed by atoms with Crippen LogP contribution in [0.3, 0.4) is 0 Å². The largest absolute Gasteiger partial charge is 0.357 e. The molecule has 27 heavy (non-hydrogen) atoms. The third kappa shape index (κ3) is 5.99. The zero-order chi connectivity index (χ0) is 18.7. The molecule has 0 aliphatic rings. The van der Waals surface area contributed by atoms with Crippen molar-refractivity contribution in [3.63, 3.8) is 0 Å². The number of para-hydroxylation sites is 1. The van der Waals surface area contributed by atoms with E-state index in [0.717, 1.165) is 44.1 Å². The molecule has 5 nitrogen and oxygen atoms in total. The van der Waals surface area contributed by atoms with Crippen molar-refractivity contribution >= 4 is 5.96 Å². The van der Waals surface area contributed by atoms with E-state index in [1.165, 1.54) is 11.1 Å². The summed E-state index contributed by atoms with van der Waals surface area (Å²) >= 11 is 0. The number of aliphatic imine (C=N–C) groups is 1. The second kappa shape index (κ2) is 10.2. The maximum absolute atomic E-state index is 4.67. The molecule has 0 unspecified atom stereocenters. The first-order valence-electron chi connectivity index (χ1n) is 9.50. The zero-order valence-electron chi connectivity index (χ0n) is 15.8. The van der Waals surface area contributed by atoms with Crippen molar-refractivity contribution in [3.05, 3.63) is 84.2 Å². The van der Waals surface area contributed by atoms with Crippen molar-refractivity contribution in [2.45, 2.75) is 19.8 Å². The minimum Gasteiger partial charge on any atom is -0.357 e. The van der Waals surface area contributed by atoms with Crippen LogP contribution in [-0.2, 0) is 12.8 Å². The Morgan fingerprint density at radius 3 is 2.41 bits per heavy atom. The van der Waals surface area contributed by atoms with E-state index in [9.17, 15) is 0 Å². The number of hydrogen-bond acceptors (Lipinski definition) is 2. The molecule has 0 aliphatic carbocycles. The Morgan fingerprint density at radius 1 is 0.926 bits per heavy atom. The summed E-state index contributed by atoms with van der Waals surface area (Å²) in [5.41, 5.74) is 3.59. The van der Waals surface area contributed by atoms with Crippen molar-refractivity contribution in [3.8, 4) is 5.69 Å². The summed E-state index contributed by atoms with van der Waals surface area (Å²) in [6.45, 7) is 4.52. The Labute approximate surface area is 161 Å². The Morgan fingerprint density at radius 2 is 1.67 bits per heavy atom. The lowest BCUT2D eigenvalue weighted by atomic mass is 10.2. The molecule has 0 spiro atoms. The maximum atomic E-state index is 4.67. The summed E-state index contributed by atoms with van der Waals surface area (Å²) in [6.07, 6.45) is 5.85. The second-order valence-corrected chi connectivity index (χ2v) is 6.30. The molecule has 0 fully saturated rings. The van der Waals surface area contributed by atoms with Crippen molar-refractivity contribution in [1.29, 1.82) is 0 Å². The lowest BCUT2D eigenvalue weighted by Crippen LogP contribution is -2.38. The molecule has 2 aromatic carbocycles. The third-order valence-electron chi connectivity index (χ3n) is 4.22. The normalized spacial score (nSPS) is 11.4. The van der Waals surface area contributed by atoms with Gasteiger partial charge in [-0.15, -0.1) is 0 Å². The topological polar surface area (TPSA) is 54.2 Å². The predicted octanol–water partition coefficient (Wildman–Crippen LogP) is 3.21. The zero-order valence-corrected chi connectivity index (χ0v) is 15.8. The molecule has 0 atom stereocenters. The van der Waals surface area contributed by atoms with E-state index >= 15 is 0 Å². The lowest BCUT2D eigenvalue weighted by molar-refractivity contribution is 0.796. The Kier molecular flexibility index (Phi) is 7.04. The van der Waals surface area contributed by atoms with Gasteiger partial charge in [0.1, 0.15) is 0 Å². The van der Waals surface area contributed by atoms with Crippen LogP contribution >= 0.6 is 0 Å². The number of nitrogens with zero attached hydrogens (tertiary/aromatic N) is 3. The number of nitrogens with one attached hydrogen (secondary N) is 2. The summed E-state index contributed by atoms with van der Waals surface area (Å²) < 4.78 is 1.91. The van der Waals surface area contributed by atoms with E-state index in [1.807, 2.05) is 35.1 Å². The van der Waals surface area contributed by atoms with Crippen LogP contribution in [0, 0.1) is 0 Å². The molecule has 3 rings (SSSR count). The highest BCUT2D eigenvalue weighted by Gasteiger charge is 2.02.